The molecule has 2 aliphatic heterocycles. The average Bonchev–Trinajstić information content (AvgIpc) is 3.25. The number of oxime groups is 1. The quantitative estimate of drug-likeness (QED) is 0.0606. The van der Waals surface area contributed by atoms with Gasteiger partial charge in [0.1, 0.15) is 23.3 Å². The number of fused-ring (bicyclic) bond motifs is 2. The Bertz CT molecular complexity index is 1780. The number of unbranched alkanes of at least 4 members (excludes halogenated alkanes) is 2. The van der Waals surface area contributed by atoms with Gasteiger partial charge in [0.25, 0.3) is 0 Å². The first kappa shape index (κ1) is 45.5. The Kier molecular flexibility index (Phi) is 16.9. The van der Waals surface area contributed by atoms with Crippen molar-refractivity contribution < 1.29 is 53.4 Å². The zero-order valence-corrected chi connectivity index (χ0v) is 35.7. The van der Waals surface area contributed by atoms with Gasteiger partial charge in [-0.15, -0.1) is 6.58 Å². The third-order valence-corrected chi connectivity index (χ3v) is 12.4. The highest BCUT2D eigenvalue weighted by Gasteiger charge is 2.65. The molecule has 6 rings (SSSR count). The summed E-state index contributed by atoms with van der Waals surface area (Å²) in [5, 5.41) is 34.3. The van der Waals surface area contributed by atoms with E-state index in [9.17, 15) is 20.1 Å². The van der Waals surface area contributed by atoms with Crippen molar-refractivity contribution in [2.75, 3.05) is 59.4 Å². The molecule has 7 atom stereocenters. The van der Waals surface area contributed by atoms with E-state index in [1.807, 2.05) is 24.3 Å². The van der Waals surface area contributed by atoms with E-state index in [-0.39, 0.29) is 77.0 Å². The summed E-state index contributed by atoms with van der Waals surface area (Å²) in [6.45, 7) is 11.2. The predicted octanol–water partition coefficient (Wildman–Crippen LogP) is 7.72. The number of benzene rings is 2. The summed E-state index contributed by atoms with van der Waals surface area (Å²) in [7, 11) is 0. The fraction of sp³-hybridized carbons (Fsp3) is 0.617. The lowest BCUT2D eigenvalue weighted by Gasteiger charge is -2.59. The van der Waals surface area contributed by atoms with Crippen LogP contribution in [0.2, 0.25) is 0 Å². The third kappa shape index (κ3) is 10.5. The first-order chi connectivity index (χ1) is 29.3. The topological polar surface area (TPSA) is 158 Å². The Balaban J connectivity index is 1.57. The maximum atomic E-state index is 14.2. The summed E-state index contributed by atoms with van der Waals surface area (Å²) >= 11 is 0. The van der Waals surface area contributed by atoms with E-state index in [0.717, 1.165) is 61.0 Å². The Labute approximate surface area is 355 Å². The highest BCUT2D eigenvalue weighted by molar-refractivity contribution is 6.03. The second-order valence-corrected chi connectivity index (χ2v) is 16.3. The fourth-order valence-corrected chi connectivity index (χ4v) is 9.45. The van der Waals surface area contributed by atoms with Crippen molar-refractivity contribution in [1.29, 1.82) is 0 Å². The van der Waals surface area contributed by atoms with Gasteiger partial charge in [-0.05, 0) is 118 Å². The van der Waals surface area contributed by atoms with Gasteiger partial charge in [0.2, 0.25) is 12.1 Å². The number of carbonyl (C=O) groups is 1. The van der Waals surface area contributed by atoms with E-state index in [4.69, 9.17) is 38.4 Å². The maximum Gasteiger partial charge on any atom is 0.410 e. The molecule has 2 aromatic carbocycles. The Hall–Kier alpha value is -3.98. The fourth-order valence-electron chi connectivity index (χ4n) is 9.45. The number of ether oxygens (including phenoxy) is 6. The van der Waals surface area contributed by atoms with Gasteiger partial charge in [-0.3, -0.25) is 4.90 Å². The zero-order valence-electron chi connectivity index (χ0n) is 35.7. The van der Waals surface area contributed by atoms with Crippen LogP contribution in [0.1, 0.15) is 93.7 Å². The third-order valence-electron chi connectivity index (χ3n) is 12.4. The molecular formula is C47H66N2O11. The number of aliphatic hydroxyl groups excluding tert-OH is 3. The normalized spacial score (nSPS) is 26.3. The largest absolute Gasteiger partial charge is 0.459 e. The van der Waals surface area contributed by atoms with Gasteiger partial charge in [-0.1, -0.05) is 36.2 Å². The molecule has 3 N–H and O–H groups in total. The number of hydrogen-bond acceptors (Lipinski definition) is 12. The first-order valence-corrected chi connectivity index (χ1v) is 22.0. The van der Waals surface area contributed by atoms with Crippen molar-refractivity contribution in [2.24, 2.45) is 22.9 Å². The van der Waals surface area contributed by atoms with Gasteiger partial charge in [0.15, 0.2) is 0 Å². The second-order valence-electron chi connectivity index (χ2n) is 16.3. The van der Waals surface area contributed by atoms with Crippen molar-refractivity contribution in [3.8, 4) is 17.2 Å². The van der Waals surface area contributed by atoms with Gasteiger partial charge in [-0.2, -0.15) is 0 Å². The van der Waals surface area contributed by atoms with Crippen molar-refractivity contribution in [3.05, 3.63) is 77.4 Å². The van der Waals surface area contributed by atoms with Gasteiger partial charge in [0, 0.05) is 44.1 Å². The molecule has 4 aliphatic rings. The Morgan fingerprint density at radius 3 is 2.48 bits per heavy atom. The van der Waals surface area contributed by atoms with E-state index in [2.05, 4.69) is 38.6 Å². The average molecular weight is 835 g/mol. The predicted molar refractivity (Wildman–Crippen MR) is 227 cm³/mol. The van der Waals surface area contributed by atoms with Gasteiger partial charge in [0.05, 0.1) is 51.3 Å². The summed E-state index contributed by atoms with van der Waals surface area (Å²) in [4.78, 5) is 22.1. The number of aliphatic hydroxyl groups is 3. The van der Waals surface area contributed by atoms with E-state index in [1.54, 1.807) is 17.9 Å². The number of allylic oxidation sites excluding steroid dienone is 1. The van der Waals surface area contributed by atoms with E-state index in [1.165, 1.54) is 5.56 Å². The summed E-state index contributed by atoms with van der Waals surface area (Å²) < 4.78 is 38.3. The summed E-state index contributed by atoms with van der Waals surface area (Å²) in [5.41, 5.74) is 4.86. The smallest absolute Gasteiger partial charge is 0.410 e. The molecule has 330 valence electrons. The van der Waals surface area contributed by atoms with Crippen molar-refractivity contribution in [2.45, 2.75) is 109 Å². The van der Waals surface area contributed by atoms with E-state index in [0.29, 0.717) is 43.1 Å². The molecule has 1 saturated carbocycles. The molecule has 60 heavy (non-hydrogen) atoms. The number of aryl methyl sites for hydroxylation is 2. The lowest BCUT2D eigenvalue weighted by atomic mass is 9.55. The first-order valence-electron chi connectivity index (χ1n) is 22.0. The number of amides is 1. The maximum absolute atomic E-state index is 14.2. The minimum atomic E-state index is -1.45. The summed E-state index contributed by atoms with van der Waals surface area (Å²) in [6.07, 6.45) is 10.4. The standard InChI is InChI=1S/C47H66N2O11/c1-5-24-57-47-42(49(46(53)55-6-2)20-26-54-27-23-52)31-40(48-60-43-15-9-12-25-56-43)38-29-34(13-7-10-21-50)37(14-8-11-22-51)44(45(38)47)39-30-36(18-19-41(39)59-47)58-35-17-16-32(3)33(4)28-35/h5,16-19,28-30,34,37,42-45,50-52H,1,6-15,20-27,31H2,2-4H3/t34-,37+,42-,43?,44+,45+,47+/m0/s1. The van der Waals surface area contributed by atoms with E-state index >= 15 is 0 Å². The van der Waals surface area contributed by atoms with Crippen LogP contribution in [-0.2, 0) is 23.8 Å². The van der Waals surface area contributed by atoms with E-state index < -0.39 is 30.1 Å². The van der Waals surface area contributed by atoms with Crippen molar-refractivity contribution in [3.63, 3.8) is 0 Å². The van der Waals surface area contributed by atoms with Crippen LogP contribution >= 0.6 is 0 Å². The van der Waals surface area contributed by atoms with Crippen LogP contribution in [-0.4, -0.2) is 110 Å². The molecule has 1 amide bonds. The van der Waals surface area contributed by atoms with Gasteiger partial charge in [-0.25, -0.2) is 4.79 Å². The molecule has 0 radical (unpaired) electrons. The van der Waals surface area contributed by atoms with Crippen LogP contribution in [0.3, 0.4) is 0 Å². The molecule has 1 unspecified atom stereocenters. The molecule has 2 heterocycles. The molecule has 0 spiro atoms. The lowest BCUT2D eigenvalue weighted by Crippen LogP contribution is -2.70. The van der Waals surface area contributed by atoms with Crippen molar-refractivity contribution in [1.82, 2.24) is 4.90 Å². The van der Waals surface area contributed by atoms with Crippen LogP contribution in [0, 0.1) is 31.6 Å². The van der Waals surface area contributed by atoms with Crippen LogP contribution < -0.4 is 9.47 Å². The zero-order chi connectivity index (χ0) is 42.5. The number of nitrogens with zero attached hydrogens (tertiary/aromatic N) is 2. The van der Waals surface area contributed by atoms with Gasteiger partial charge >= 0.3 is 6.09 Å². The minimum Gasteiger partial charge on any atom is -0.459 e. The number of carbonyl (C=O) groups excluding carboxylic acids is 1. The second kappa shape index (κ2) is 22.2. The highest BCUT2D eigenvalue weighted by Crippen LogP contribution is 2.62. The van der Waals surface area contributed by atoms with Crippen molar-refractivity contribution >= 4 is 11.8 Å². The molecular weight excluding hydrogens is 769 g/mol. The highest BCUT2D eigenvalue weighted by atomic mass is 16.8. The van der Waals surface area contributed by atoms with Gasteiger partial charge < -0.3 is 48.6 Å². The van der Waals surface area contributed by atoms with Crippen LogP contribution in [0.4, 0.5) is 4.79 Å². The monoisotopic (exact) mass is 834 g/mol. The van der Waals surface area contributed by atoms with Crippen LogP contribution in [0.15, 0.2) is 65.9 Å². The molecule has 2 aromatic rings. The molecule has 1 saturated heterocycles. The summed E-state index contributed by atoms with van der Waals surface area (Å²) in [5.74, 6) is -0.0629. The number of hydrogen-bond donors (Lipinski definition) is 3. The molecule has 2 aliphatic carbocycles. The Morgan fingerprint density at radius 2 is 1.77 bits per heavy atom. The number of rotatable bonds is 22. The molecule has 0 aromatic heterocycles. The lowest BCUT2D eigenvalue weighted by molar-refractivity contribution is -0.256. The molecule has 13 nitrogen and oxygen atoms in total. The minimum absolute atomic E-state index is 0.0433. The molecule has 2 fully saturated rings. The Morgan fingerprint density at radius 1 is 0.983 bits per heavy atom. The van der Waals surface area contributed by atoms with Crippen LogP contribution in [0.5, 0.6) is 17.2 Å². The molecule has 0 bridgehead atoms. The SMILES string of the molecule is C=CCO[C@@]12Oc3ccc(Oc4ccc(C)c(C)c4)cc3[C@H]3[C@H](CCCCO)[C@@H](CCCCO)C=C(C(=NOC4CCCCO4)C[C@@H]1N(CCOCCO)C(=O)OCC)[C@H]32. The van der Waals surface area contributed by atoms with Crippen LogP contribution in [0.25, 0.3) is 0 Å². The molecule has 13 heteroatoms. The summed E-state index contributed by atoms with van der Waals surface area (Å²) in [6, 6.07) is 11.2.